The molecule has 0 amide bonds. The summed E-state index contributed by atoms with van der Waals surface area (Å²) in [5.74, 6) is -0.0741. The zero-order valence-corrected chi connectivity index (χ0v) is 6.43. The van der Waals surface area contributed by atoms with Crippen molar-refractivity contribution in [3.63, 3.8) is 0 Å². The quantitative estimate of drug-likeness (QED) is 0.623. The standard InChI is InChI=1S/C6H6O4S/c1-3-5(4-2)6-9-11(7,8)10-6/h3-4H,1-2H2. The Morgan fingerprint density at radius 3 is 2.00 bits per heavy atom. The van der Waals surface area contributed by atoms with Gasteiger partial charge in [-0.25, -0.2) is 0 Å². The minimum atomic E-state index is -3.75. The van der Waals surface area contributed by atoms with Crippen molar-refractivity contribution in [2.24, 2.45) is 0 Å². The van der Waals surface area contributed by atoms with Gasteiger partial charge in [0.25, 0.3) is 0 Å². The lowest BCUT2D eigenvalue weighted by Gasteiger charge is -2.18. The topological polar surface area (TPSA) is 52.6 Å². The van der Waals surface area contributed by atoms with E-state index in [-0.39, 0.29) is 5.95 Å². The molecule has 0 aromatic heterocycles. The molecule has 0 N–H and O–H groups in total. The Kier molecular flexibility index (Phi) is 1.74. The molecule has 4 nitrogen and oxygen atoms in total. The van der Waals surface area contributed by atoms with Crippen LogP contribution in [0.15, 0.2) is 36.8 Å². The Hall–Kier alpha value is -1.23. The first-order valence-corrected chi connectivity index (χ1v) is 4.05. The Labute approximate surface area is 64.8 Å². The average Bonchev–Trinajstić information content (AvgIpc) is 1.86. The van der Waals surface area contributed by atoms with Crippen LogP contribution < -0.4 is 0 Å². The molecule has 1 saturated heterocycles. The largest absolute Gasteiger partial charge is 0.506 e. The van der Waals surface area contributed by atoms with Crippen LogP contribution >= 0.6 is 0 Å². The van der Waals surface area contributed by atoms with Crippen molar-refractivity contribution in [2.45, 2.75) is 0 Å². The lowest BCUT2D eigenvalue weighted by atomic mass is 10.3. The lowest BCUT2D eigenvalue weighted by Crippen LogP contribution is -2.23. The summed E-state index contributed by atoms with van der Waals surface area (Å²) in [6.07, 6.45) is 2.77. The van der Waals surface area contributed by atoms with Gasteiger partial charge < -0.3 is 8.37 Å². The van der Waals surface area contributed by atoms with Gasteiger partial charge in [0.15, 0.2) is 0 Å². The number of rotatable bonds is 2. The van der Waals surface area contributed by atoms with E-state index < -0.39 is 10.4 Å². The molecular weight excluding hydrogens is 168 g/mol. The van der Waals surface area contributed by atoms with E-state index in [2.05, 4.69) is 21.5 Å². The van der Waals surface area contributed by atoms with Crippen LogP contribution in [0.5, 0.6) is 0 Å². The van der Waals surface area contributed by atoms with E-state index in [4.69, 9.17) is 0 Å². The van der Waals surface area contributed by atoms with Gasteiger partial charge >= 0.3 is 16.3 Å². The first kappa shape index (κ1) is 7.87. The molecule has 1 fully saturated rings. The Morgan fingerprint density at radius 2 is 1.73 bits per heavy atom. The zero-order valence-electron chi connectivity index (χ0n) is 5.61. The van der Waals surface area contributed by atoms with Gasteiger partial charge in [-0.3, -0.25) is 0 Å². The minimum Gasteiger partial charge on any atom is -0.314 e. The monoisotopic (exact) mass is 174 g/mol. The Bertz CT molecular complexity index is 298. The second-order valence-electron chi connectivity index (χ2n) is 1.73. The molecule has 1 aliphatic rings. The van der Waals surface area contributed by atoms with Crippen LogP contribution in [-0.4, -0.2) is 8.42 Å². The van der Waals surface area contributed by atoms with E-state index in [1.54, 1.807) is 0 Å². The van der Waals surface area contributed by atoms with E-state index >= 15 is 0 Å². The number of hydrogen-bond donors (Lipinski definition) is 0. The minimum absolute atomic E-state index is 0.0741. The van der Waals surface area contributed by atoms with E-state index in [9.17, 15) is 8.42 Å². The maximum Gasteiger partial charge on any atom is 0.506 e. The molecule has 1 aliphatic heterocycles. The van der Waals surface area contributed by atoms with E-state index in [0.29, 0.717) is 5.57 Å². The highest BCUT2D eigenvalue weighted by molar-refractivity contribution is 7.83. The molecule has 0 atom stereocenters. The van der Waals surface area contributed by atoms with Gasteiger partial charge in [-0.2, -0.15) is 0 Å². The fourth-order valence-electron chi connectivity index (χ4n) is 0.538. The second-order valence-corrected chi connectivity index (χ2v) is 2.88. The Balaban J connectivity index is 2.88. The third-order valence-electron chi connectivity index (χ3n) is 1.03. The summed E-state index contributed by atoms with van der Waals surface area (Å²) in [7, 11) is -3.75. The molecule has 0 aliphatic carbocycles. The molecule has 5 heteroatoms. The van der Waals surface area contributed by atoms with Crippen LogP contribution in [0.4, 0.5) is 0 Å². The third kappa shape index (κ3) is 1.43. The van der Waals surface area contributed by atoms with Crippen molar-refractivity contribution >= 4 is 10.4 Å². The van der Waals surface area contributed by atoms with Crippen molar-refractivity contribution in [1.82, 2.24) is 0 Å². The molecule has 0 aromatic carbocycles. The Morgan fingerprint density at radius 1 is 1.27 bits per heavy atom. The van der Waals surface area contributed by atoms with Crippen molar-refractivity contribution in [2.75, 3.05) is 0 Å². The lowest BCUT2D eigenvalue weighted by molar-refractivity contribution is 0.117. The highest BCUT2D eigenvalue weighted by Gasteiger charge is 2.33. The van der Waals surface area contributed by atoms with Gasteiger partial charge in [-0.05, 0) is 0 Å². The summed E-state index contributed by atoms with van der Waals surface area (Å²) < 4.78 is 29.1. The summed E-state index contributed by atoms with van der Waals surface area (Å²) in [5, 5.41) is 0. The summed E-state index contributed by atoms with van der Waals surface area (Å²) in [6, 6.07) is 0. The molecule has 0 bridgehead atoms. The number of hydrogen-bond acceptors (Lipinski definition) is 4. The summed E-state index contributed by atoms with van der Waals surface area (Å²) in [4.78, 5) is 0. The zero-order chi connectivity index (χ0) is 8.48. The van der Waals surface area contributed by atoms with Gasteiger partial charge in [-0.1, -0.05) is 25.3 Å². The first-order chi connectivity index (χ1) is 5.09. The van der Waals surface area contributed by atoms with Crippen molar-refractivity contribution in [3.8, 4) is 0 Å². The predicted molar refractivity (Wildman–Crippen MR) is 38.5 cm³/mol. The molecular formula is C6H6O4S. The van der Waals surface area contributed by atoms with E-state index in [1.165, 1.54) is 12.2 Å². The van der Waals surface area contributed by atoms with Crippen molar-refractivity contribution in [1.29, 1.82) is 0 Å². The van der Waals surface area contributed by atoms with Crippen LogP contribution in [0.2, 0.25) is 0 Å². The van der Waals surface area contributed by atoms with Crippen molar-refractivity contribution < 1.29 is 16.8 Å². The fourth-order valence-corrected chi connectivity index (χ4v) is 1.11. The summed E-state index contributed by atoms with van der Waals surface area (Å²) in [6.45, 7) is 6.80. The molecule has 1 heterocycles. The van der Waals surface area contributed by atoms with Gasteiger partial charge in [0.05, 0.1) is 5.57 Å². The van der Waals surface area contributed by atoms with Crippen LogP contribution in [0.1, 0.15) is 0 Å². The first-order valence-electron chi connectivity index (χ1n) is 2.72. The summed E-state index contributed by atoms with van der Waals surface area (Å²) in [5.41, 5.74) is 0.417. The summed E-state index contributed by atoms with van der Waals surface area (Å²) >= 11 is 0. The van der Waals surface area contributed by atoms with Gasteiger partial charge in [0, 0.05) is 0 Å². The molecule has 0 aromatic rings. The maximum atomic E-state index is 10.3. The van der Waals surface area contributed by atoms with Crippen LogP contribution in [0.25, 0.3) is 0 Å². The molecule has 11 heavy (non-hydrogen) atoms. The average molecular weight is 174 g/mol. The SMILES string of the molecule is C=CC(C=C)=C1OS(=O)(=O)O1. The molecule has 0 saturated carbocycles. The van der Waals surface area contributed by atoms with Gasteiger partial charge in [-0.15, -0.1) is 8.42 Å². The van der Waals surface area contributed by atoms with Gasteiger partial charge in [0.1, 0.15) is 0 Å². The molecule has 0 radical (unpaired) electrons. The van der Waals surface area contributed by atoms with Crippen LogP contribution in [0.3, 0.4) is 0 Å². The highest BCUT2D eigenvalue weighted by atomic mass is 32.3. The molecule has 1 rings (SSSR count). The van der Waals surface area contributed by atoms with Crippen LogP contribution in [-0.2, 0) is 18.8 Å². The van der Waals surface area contributed by atoms with E-state index in [0.717, 1.165) is 0 Å². The highest BCUT2D eigenvalue weighted by Crippen LogP contribution is 2.26. The van der Waals surface area contributed by atoms with E-state index in [1.807, 2.05) is 0 Å². The molecule has 0 unspecified atom stereocenters. The smallest absolute Gasteiger partial charge is 0.314 e. The molecule has 60 valence electrons. The fraction of sp³-hybridized carbons (Fsp3) is 0. The van der Waals surface area contributed by atoms with Crippen molar-refractivity contribution in [3.05, 3.63) is 36.8 Å². The van der Waals surface area contributed by atoms with Gasteiger partial charge in [0.2, 0.25) is 0 Å². The maximum absolute atomic E-state index is 10.3. The normalized spacial score (nSPS) is 18.7. The second kappa shape index (κ2) is 2.43. The van der Waals surface area contributed by atoms with Crippen LogP contribution in [0, 0.1) is 0 Å². The predicted octanol–water partition coefficient (Wildman–Crippen LogP) is 0.862. The molecule has 0 spiro atoms. The number of allylic oxidation sites excluding steroid dienone is 3. The third-order valence-corrected chi connectivity index (χ3v) is 1.74.